The fraction of sp³-hybridized carbons (Fsp3) is 0.727. The number of carboxylic acid groups (broad SMARTS) is 1. The molecule has 0 heterocycles. The molecule has 3 amide bonds. The second-order valence-corrected chi connectivity index (χ2v) is 4.39. The van der Waals surface area contributed by atoms with Crippen LogP contribution in [0.15, 0.2) is 0 Å². The van der Waals surface area contributed by atoms with E-state index in [1.54, 1.807) is 0 Å². The number of hydrogen-bond acceptors (Lipinski definition) is 3. The fourth-order valence-electron chi connectivity index (χ4n) is 1.31. The lowest BCUT2D eigenvalue weighted by atomic mass is 10.4. The summed E-state index contributed by atoms with van der Waals surface area (Å²) in [6.07, 6.45) is 2.23. The number of amides is 3. The predicted molar refractivity (Wildman–Crippen MR) is 64.1 cm³/mol. The Morgan fingerprint density at radius 3 is 2.50 bits per heavy atom. The van der Waals surface area contributed by atoms with Gasteiger partial charge in [0, 0.05) is 32.6 Å². The quantitative estimate of drug-likeness (QED) is 0.586. The van der Waals surface area contributed by atoms with Gasteiger partial charge in [-0.15, -0.1) is 0 Å². The van der Waals surface area contributed by atoms with Gasteiger partial charge in [0.05, 0.1) is 6.42 Å². The normalized spacial score (nSPS) is 13.8. The Hall–Kier alpha value is -1.79. The molecule has 0 aromatic carbocycles. The predicted octanol–water partition coefficient (Wildman–Crippen LogP) is -0.229. The molecule has 1 saturated carbocycles. The third kappa shape index (κ3) is 6.07. The molecule has 7 heteroatoms. The van der Waals surface area contributed by atoms with E-state index < -0.39 is 5.97 Å². The van der Waals surface area contributed by atoms with Crippen LogP contribution in [0.5, 0.6) is 0 Å². The van der Waals surface area contributed by atoms with Crippen LogP contribution in [0.4, 0.5) is 4.79 Å². The van der Waals surface area contributed by atoms with Gasteiger partial charge in [0.15, 0.2) is 0 Å². The number of aliphatic carboxylic acids is 1. The Bertz CT molecular complexity index is 328. The summed E-state index contributed by atoms with van der Waals surface area (Å²) in [4.78, 5) is 34.4. The van der Waals surface area contributed by atoms with Crippen LogP contribution in [-0.2, 0) is 9.59 Å². The lowest BCUT2D eigenvalue weighted by Gasteiger charge is -2.16. The number of nitrogens with one attached hydrogen (secondary N) is 2. The molecule has 7 nitrogen and oxygen atoms in total. The van der Waals surface area contributed by atoms with Gasteiger partial charge < -0.3 is 20.6 Å². The first kappa shape index (κ1) is 14.3. The minimum Gasteiger partial charge on any atom is -0.481 e. The van der Waals surface area contributed by atoms with Gasteiger partial charge in [-0.05, 0) is 12.8 Å². The van der Waals surface area contributed by atoms with Crippen molar-refractivity contribution in [3.63, 3.8) is 0 Å². The van der Waals surface area contributed by atoms with Gasteiger partial charge in [-0.2, -0.15) is 0 Å². The number of hydrogen-bond donors (Lipinski definition) is 3. The summed E-state index contributed by atoms with van der Waals surface area (Å²) in [5.74, 6) is -1.01. The summed E-state index contributed by atoms with van der Waals surface area (Å²) in [5, 5.41) is 13.9. The number of urea groups is 1. The molecule has 0 saturated heterocycles. The molecule has 1 rings (SSSR count). The highest BCUT2D eigenvalue weighted by Crippen LogP contribution is 2.18. The number of carboxylic acids is 1. The molecule has 0 spiro atoms. The number of nitrogens with zero attached hydrogens (tertiary/aromatic N) is 1. The molecule has 102 valence electrons. The van der Waals surface area contributed by atoms with Crippen molar-refractivity contribution < 1.29 is 19.5 Å². The molecule has 0 aliphatic heterocycles. The molecule has 0 aromatic rings. The monoisotopic (exact) mass is 257 g/mol. The molecule has 18 heavy (non-hydrogen) atoms. The van der Waals surface area contributed by atoms with Crippen LogP contribution in [0.1, 0.15) is 25.7 Å². The van der Waals surface area contributed by atoms with E-state index in [1.807, 2.05) is 0 Å². The molecule has 0 unspecified atom stereocenters. The van der Waals surface area contributed by atoms with Crippen LogP contribution in [0, 0.1) is 0 Å². The number of carbonyl (C=O) groups is 3. The maximum Gasteiger partial charge on any atom is 0.317 e. The minimum atomic E-state index is -0.946. The zero-order chi connectivity index (χ0) is 13.5. The van der Waals surface area contributed by atoms with Gasteiger partial charge in [-0.1, -0.05) is 0 Å². The van der Waals surface area contributed by atoms with Crippen molar-refractivity contribution in [3.8, 4) is 0 Å². The van der Waals surface area contributed by atoms with Crippen molar-refractivity contribution in [2.75, 3.05) is 20.1 Å². The summed E-state index contributed by atoms with van der Waals surface area (Å²) in [6.45, 7) is 0.407. The van der Waals surface area contributed by atoms with E-state index in [9.17, 15) is 14.4 Å². The van der Waals surface area contributed by atoms with Crippen molar-refractivity contribution in [1.82, 2.24) is 15.5 Å². The van der Waals surface area contributed by atoms with E-state index in [2.05, 4.69) is 10.6 Å². The zero-order valence-electron chi connectivity index (χ0n) is 10.4. The van der Waals surface area contributed by atoms with Crippen molar-refractivity contribution in [2.45, 2.75) is 31.7 Å². The molecular weight excluding hydrogens is 238 g/mol. The molecule has 0 aromatic heterocycles. The maximum absolute atomic E-state index is 11.5. The topological polar surface area (TPSA) is 98.7 Å². The number of rotatable bonds is 7. The first-order valence-corrected chi connectivity index (χ1v) is 5.99. The fourth-order valence-corrected chi connectivity index (χ4v) is 1.31. The van der Waals surface area contributed by atoms with Crippen LogP contribution in [0.2, 0.25) is 0 Å². The largest absolute Gasteiger partial charge is 0.481 e. The van der Waals surface area contributed by atoms with Gasteiger partial charge in [-0.3, -0.25) is 9.59 Å². The van der Waals surface area contributed by atoms with E-state index in [-0.39, 0.29) is 37.9 Å². The molecule has 1 fully saturated rings. The lowest BCUT2D eigenvalue weighted by Crippen LogP contribution is -2.40. The first-order chi connectivity index (χ1) is 8.49. The van der Waals surface area contributed by atoms with E-state index in [4.69, 9.17) is 5.11 Å². The summed E-state index contributed by atoms with van der Waals surface area (Å²) in [5.41, 5.74) is 0. The smallest absolute Gasteiger partial charge is 0.317 e. The second kappa shape index (κ2) is 6.83. The Morgan fingerprint density at radius 1 is 1.28 bits per heavy atom. The van der Waals surface area contributed by atoms with Crippen LogP contribution in [-0.4, -0.2) is 54.1 Å². The van der Waals surface area contributed by atoms with Crippen molar-refractivity contribution in [1.29, 1.82) is 0 Å². The molecule has 1 aliphatic rings. The summed E-state index contributed by atoms with van der Waals surface area (Å²) < 4.78 is 0. The van der Waals surface area contributed by atoms with Crippen molar-refractivity contribution in [2.24, 2.45) is 0 Å². The van der Waals surface area contributed by atoms with Gasteiger partial charge in [0.1, 0.15) is 0 Å². The standard InChI is InChI=1S/C11H19N3O4/c1-14(7-5-10(16)17)11(18)12-6-4-9(15)13-8-2-3-8/h8H,2-7H2,1H3,(H,12,18)(H,13,15)(H,16,17). The van der Waals surface area contributed by atoms with Crippen LogP contribution in [0.3, 0.4) is 0 Å². The highest BCUT2D eigenvalue weighted by molar-refractivity contribution is 5.78. The molecular formula is C11H19N3O4. The minimum absolute atomic E-state index is 0.0639. The van der Waals surface area contributed by atoms with Crippen LogP contribution < -0.4 is 10.6 Å². The van der Waals surface area contributed by atoms with E-state index in [0.717, 1.165) is 12.8 Å². The van der Waals surface area contributed by atoms with Gasteiger partial charge in [-0.25, -0.2) is 4.79 Å². The Labute approximate surface area is 106 Å². The highest BCUT2D eigenvalue weighted by Gasteiger charge is 2.22. The molecule has 3 N–H and O–H groups in total. The third-order valence-corrected chi connectivity index (χ3v) is 2.58. The Balaban J connectivity index is 2.07. The maximum atomic E-state index is 11.5. The van der Waals surface area contributed by atoms with Crippen LogP contribution >= 0.6 is 0 Å². The van der Waals surface area contributed by atoms with Crippen molar-refractivity contribution >= 4 is 17.9 Å². The van der Waals surface area contributed by atoms with Crippen molar-refractivity contribution in [3.05, 3.63) is 0 Å². The molecule has 0 atom stereocenters. The Morgan fingerprint density at radius 2 is 1.94 bits per heavy atom. The summed E-state index contributed by atoms with van der Waals surface area (Å²) in [6, 6.07) is -0.0399. The number of carbonyl (C=O) groups excluding carboxylic acids is 2. The van der Waals surface area contributed by atoms with E-state index in [1.165, 1.54) is 11.9 Å². The molecule has 0 radical (unpaired) electrons. The molecule has 0 bridgehead atoms. The molecule has 1 aliphatic carbocycles. The SMILES string of the molecule is CN(CCC(=O)O)C(=O)NCCC(=O)NC1CC1. The van der Waals surface area contributed by atoms with Gasteiger partial charge >= 0.3 is 12.0 Å². The highest BCUT2D eigenvalue weighted by atomic mass is 16.4. The zero-order valence-corrected chi connectivity index (χ0v) is 10.4. The lowest BCUT2D eigenvalue weighted by molar-refractivity contribution is -0.137. The third-order valence-electron chi connectivity index (χ3n) is 2.58. The van der Waals surface area contributed by atoms with Crippen LogP contribution in [0.25, 0.3) is 0 Å². The second-order valence-electron chi connectivity index (χ2n) is 4.39. The summed E-state index contributed by atoms with van der Waals surface area (Å²) in [7, 11) is 1.52. The van der Waals surface area contributed by atoms with Gasteiger partial charge in [0.25, 0.3) is 0 Å². The van der Waals surface area contributed by atoms with E-state index >= 15 is 0 Å². The van der Waals surface area contributed by atoms with E-state index in [0.29, 0.717) is 6.04 Å². The summed E-state index contributed by atoms with van der Waals surface area (Å²) >= 11 is 0. The first-order valence-electron chi connectivity index (χ1n) is 5.99. The average Bonchev–Trinajstić information content (AvgIpc) is 3.09. The Kier molecular flexibility index (Phi) is 5.41. The average molecular weight is 257 g/mol. The van der Waals surface area contributed by atoms with Gasteiger partial charge in [0.2, 0.25) is 5.91 Å².